The SMILES string of the molecule is C[C@H](CCC(O)CO)CC(F)(F)F. The predicted molar refractivity (Wildman–Crippen MR) is 42.2 cm³/mol. The summed E-state index contributed by atoms with van der Waals surface area (Å²) in [5, 5.41) is 17.3. The molecule has 5 heteroatoms. The third-order valence-corrected chi connectivity index (χ3v) is 1.78. The lowest BCUT2D eigenvalue weighted by Gasteiger charge is -2.15. The highest BCUT2D eigenvalue weighted by atomic mass is 19.4. The van der Waals surface area contributed by atoms with Gasteiger partial charge in [0.2, 0.25) is 0 Å². The number of aliphatic hydroxyl groups excluding tert-OH is 2. The van der Waals surface area contributed by atoms with Crippen molar-refractivity contribution in [3.05, 3.63) is 0 Å². The quantitative estimate of drug-likeness (QED) is 0.709. The van der Waals surface area contributed by atoms with Crippen LogP contribution in [0.4, 0.5) is 13.2 Å². The third kappa shape index (κ3) is 8.05. The summed E-state index contributed by atoms with van der Waals surface area (Å²) in [4.78, 5) is 0. The van der Waals surface area contributed by atoms with Crippen molar-refractivity contribution in [2.75, 3.05) is 6.61 Å². The summed E-state index contributed by atoms with van der Waals surface area (Å²) in [5.41, 5.74) is 0. The average Bonchev–Trinajstić information content (AvgIpc) is 1.97. The normalized spacial score (nSPS) is 17.1. The number of hydrogen-bond acceptors (Lipinski definition) is 2. The molecule has 0 radical (unpaired) electrons. The molecule has 1 unspecified atom stereocenters. The molecule has 2 nitrogen and oxygen atoms in total. The largest absolute Gasteiger partial charge is 0.394 e. The van der Waals surface area contributed by atoms with Crippen molar-refractivity contribution in [1.29, 1.82) is 0 Å². The molecule has 0 aliphatic heterocycles. The number of aliphatic hydroxyl groups is 2. The molecule has 0 aromatic carbocycles. The molecule has 0 amide bonds. The van der Waals surface area contributed by atoms with Crippen molar-refractivity contribution in [3.8, 4) is 0 Å². The topological polar surface area (TPSA) is 40.5 Å². The predicted octanol–water partition coefficient (Wildman–Crippen LogP) is 1.71. The first-order valence-corrected chi connectivity index (χ1v) is 4.21. The van der Waals surface area contributed by atoms with Gasteiger partial charge < -0.3 is 10.2 Å². The van der Waals surface area contributed by atoms with Crippen LogP contribution in [0.25, 0.3) is 0 Å². The molecule has 13 heavy (non-hydrogen) atoms. The van der Waals surface area contributed by atoms with Gasteiger partial charge in [0.25, 0.3) is 0 Å². The molecule has 2 N–H and O–H groups in total. The summed E-state index contributed by atoms with van der Waals surface area (Å²) in [5.74, 6) is -0.499. The molecule has 0 spiro atoms. The van der Waals surface area contributed by atoms with E-state index in [1.54, 1.807) is 0 Å². The highest BCUT2D eigenvalue weighted by Gasteiger charge is 2.29. The van der Waals surface area contributed by atoms with Crippen molar-refractivity contribution in [1.82, 2.24) is 0 Å². The van der Waals surface area contributed by atoms with Crippen LogP contribution in [0.15, 0.2) is 0 Å². The van der Waals surface area contributed by atoms with Gasteiger partial charge in [0.05, 0.1) is 12.7 Å². The van der Waals surface area contributed by atoms with E-state index in [-0.39, 0.29) is 12.8 Å². The van der Waals surface area contributed by atoms with E-state index in [0.717, 1.165) is 0 Å². The Balaban J connectivity index is 3.57. The zero-order valence-corrected chi connectivity index (χ0v) is 7.51. The van der Waals surface area contributed by atoms with Crippen molar-refractivity contribution in [3.63, 3.8) is 0 Å². The molecule has 0 fully saturated rings. The third-order valence-electron chi connectivity index (χ3n) is 1.78. The molecule has 0 aliphatic carbocycles. The molecular weight excluding hydrogens is 185 g/mol. The minimum absolute atomic E-state index is 0.216. The van der Waals surface area contributed by atoms with Crippen LogP contribution in [0.3, 0.4) is 0 Å². The molecule has 0 saturated heterocycles. The number of halogens is 3. The second kappa shape index (κ2) is 5.44. The molecule has 2 atom stereocenters. The van der Waals surface area contributed by atoms with E-state index in [1.807, 2.05) is 0 Å². The molecule has 0 saturated carbocycles. The summed E-state index contributed by atoms with van der Waals surface area (Å²) >= 11 is 0. The lowest BCUT2D eigenvalue weighted by molar-refractivity contribution is -0.144. The summed E-state index contributed by atoms with van der Waals surface area (Å²) in [6, 6.07) is 0. The number of rotatable bonds is 5. The number of alkyl halides is 3. The first kappa shape index (κ1) is 12.7. The van der Waals surface area contributed by atoms with E-state index in [0.29, 0.717) is 0 Å². The standard InChI is InChI=1S/C8H15F3O2/c1-6(4-8(9,10)11)2-3-7(13)5-12/h6-7,12-13H,2-5H2,1H3/t6-,7?/m1/s1. The second-order valence-corrected chi connectivity index (χ2v) is 3.34. The lowest BCUT2D eigenvalue weighted by atomic mass is 9.99. The van der Waals surface area contributed by atoms with Gasteiger partial charge in [-0.2, -0.15) is 13.2 Å². The van der Waals surface area contributed by atoms with Gasteiger partial charge in [0.1, 0.15) is 0 Å². The van der Waals surface area contributed by atoms with Crippen LogP contribution < -0.4 is 0 Å². The second-order valence-electron chi connectivity index (χ2n) is 3.34. The van der Waals surface area contributed by atoms with Crippen molar-refractivity contribution < 1.29 is 23.4 Å². The Morgan fingerprint density at radius 3 is 2.15 bits per heavy atom. The highest BCUT2D eigenvalue weighted by Crippen LogP contribution is 2.27. The summed E-state index contributed by atoms with van der Waals surface area (Å²) < 4.78 is 35.4. The summed E-state index contributed by atoms with van der Waals surface area (Å²) in [6.07, 6.45) is -5.36. The van der Waals surface area contributed by atoms with Gasteiger partial charge in [-0.15, -0.1) is 0 Å². The molecule has 0 aromatic heterocycles. The van der Waals surface area contributed by atoms with Crippen LogP contribution in [0.5, 0.6) is 0 Å². The Morgan fingerprint density at radius 1 is 1.23 bits per heavy atom. The fourth-order valence-electron chi connectivity index (χ4n) is 1.07. The van der Waals surface area contributed by atoms with Gasteiger partial charge in [-0.3, -0.25) is 0 Å². The van der Waals surface area contributed by atoms with Crippen LogP contribution >= 0.6 is 0 Å². The van der Waals surface area contributed by atoms with Gasteiger partial charge in [0, 0.05) is 6.42 Å². The molecule has 0 heterocycles. The Morgan fingerprint density at radius 2 is 1.77 bits per heavy atom. The van der Waals surface area contributed by atoms with Crippen molar-refractivity contribution in [2.24, 2.45) is 5.92 Å². The van der Waals surface area contributed by atoms with Crippen LogP contribution in [-0.4, -0.2) is 29.1 Å². The van der Waals surface area contributed by atoms with E-state index < -0.39 is 31.2 Å². The lowest BCUT2D eigenvalue weighted by Crippen LogP contribution is -2.17. The van der Waals surface area contributed by atoms with E-state index in [4.69, 9.17) is 10.2 Å². The van der Waals surface area contributed by atoms with Gasteiger partial charge in [-0.1, -0.05) is 6.92 Å². The minimum atomic E-state index is -4.14. The number of hydrogen-bond donors (Lipinski definition) is 2. The van der Waals surface area contributed by atoms with E-state index >= 15 is 0 Å². The van der Waals surface area contributed by atoms with Crippen molar-refractivity contribution in [2.45, 2.75) is 38.5 Å². The van der Waals surface area contributed by atoms with E-state index in [1.165, 1.54) is 6.92 Å². The Kier molecular flexibility index (Phi) is 5.32. The van der Waals surface area contributed by atoms with Gasteiger partial charge >= 0.3 is 6.18 Å². The summed E-state index contributed by atoms with van der Waals surface area (Å²) in [6.45, 7) is 1.09. The maximum absolute atomic E-state index is 11.8. The summed E-state index contributed by atoms with van der Waals surface area (Å²) in [7, 11) is 0. The van der Waals surface area contributed by atoms with Gasteiger partial charge in [-0.25, -0.2) is 0 Å². The fourth-order valence-corrected chi connectivity index (χ4v) is 1.07. The zero-order valence-electron chi connectivity index (χ0n) is 7.51. The van der Waals surface area contributed by atoms with Gasteiger partial charge in [0.15, 0.2) is 0 Å². The zero-order chi connectivity index (χ0) is 10.5. The first-order valence-electron chi connectivity index (χ1n) is 4.21. The maximum atomic E-state index is 11.8. The minimum Gasteiger partial charge on any atom is -0.394 e. The first-order chi connectivity index (χ1) is 5.85. The van der Waals surface area contributed by atoms with Crippen LogP contribution in [0.2, 0.25) is 0 Å². The maximum Gasteiger partial charge on any atom is 0.389 e. The van der Waals surface area contributed by atoms with E-state index in [9.17, 15) is 13.2 Å². The van der Waals surface area contributed by atoms with Crippen LogP contribution in [-0.2, 0) is 0 Å². The molecule has 0 bridgehead atoms. The molecule has 0 aromatic rings. The highest BCUT2D eigenvalue weighted by molar-refractivity contribution is 4.62. The Hall–Kier alpha value is -0.290. The molecular formula is C8H15F3O2. The van der Waals surface area contributed by atoms with Crippen LogP contribution in [0, 0.1) is 5.92 Å². The Labute approximate surface area is 75.4 Å². The van der Waals surface area contributed by atoms with Gasteiger partial charge in [-0.05, 0) is 18.8 Å². The fraction of sp³-hybridized carbons (Fsp3) is 1.00. The van der Waals surface area contributed by atoms with E-state index in [2.05, 4.69) is 0 Å². The smallest absolute Gasteiger partial charge is 0.389 e. The van der Waals surface area contributed by atoms with Crippen molar-refractivity contribution >= 4 is 0 Å². The molecule has 0 rings (SSSR count). The van der Waals surface area contributed by atoms with Crippen LogP contribution in [0.1, 0.15) is 26.2 Å². The average molecular weight is 200 g/mol. The molecule has 0 aliphatic rings. The monoisotopic (exact) mass is 200 g/mol. The Bertz CT molecular complexity index is 136. The molecule has 80 valence electrons.